The van der Waals surface area contributed by atoms with Gasteiger partial charge in [0.15, 0.2) is 5.75 Å². The van der Waals surface area contributed by atoms with Gasteiger partial charge in [-0.2, -0.15) is 0 Å². The van der Waals surface area contributed by atoms with Crippen LogP contribution in [0.3, 0.4) is 0 Å². The zero-order valence-electron chi connectivity index (χ0n) is 11.4. The number of hydrogen-bond acceptors (Lipinski definition) is 4. The van der Waals surface area contributed by atoms with Gasteiger partial charge in [0.25, 0.3) is 0 Å². The average molecular weight is 279 g/mol. The zero-order chi connectivity index (χ0) is 14.8. The number of rotatable bonds is 2. The van der Waals surface area contributed by atoms with Crippen LogP contribution in [0.15, 0.2) is 54.6 Å². The summed E-state index contributed by atoms with van der Waals surface area (Å²) in [6.45, 7) is 0. The van der Waals surface area contributed by atoms with Gasteiger partial charge in [0.1, 0.15) is 11.3 Å². The number of fused-ring (bicyclic) bond motifs is 1. The normalized spacial score (nSPS) is 10.5. The van der Waals surface area contributed by atoms with Gasteiger partial charge in [0.2, 0.25) is 0 Å². The Kier molecular flexibility index (Phi) is 3.28. The van der Waals surface area contributed by atoms with E-state index in [2.05, 4.69) is 4.98 Å². The van der Waals surface area contributed by atoms with Gasteiger partial charge in [-0.15, -0.1) is 0 Å². The number of pyridine rings is 1. The predicted octanol–water partition coefficient (Wildman–Crippen LogP) is 3.39. The van der Waals surface area contributed by atoms with Gasteiger partial charge in [0.05, 0.1) is 12.6 Å². The topological polar surface area (TPSA) is 59.4 Å². The second-order valence-electron chi connectivity index (χ2n) is 4.56. The molecule has 0 atom stereocenters. The number of carbonyl (C=O) groups excluding carboxylic acids is 1. The molecule has 21 heavy (non-hydrogen) atoms. The first-order chi connectivity index (χ1) is 10.2. The number of para-hydroxylation sites is 1. The van der Waals surface area contributed by atoms with Crippen LogP contribution >= 0.6 is 0 Å². The molecule has 0 saturated carbocycles. The Hall–Kier alpha value is -2.88. The molecule has 0 amide bonds. The Morgan fingerprint density at radius 1 is 1.05 bits per heavy atom. The summed E-state index contributed by atoms with van der Waals surface area (Å²) >= 11 is 0. The maximum atomic E-state index is 12.0. The predicted molar refractivity (Wildman–Crippen MR) is 80.2 cm³/mol. The van der Waals surface area contributed by atoms with Gasteiger partial charge >= 0.3 is 5.97 Å². The first kappa shape index (κ1) is 13.1. The molecule has 0 aliphatic carbocycles. The van der Waals surface area contributed by atoms with Crippen LogP contribution in [0.25, 0.3) is 22.2 Å². The molecule has 0 bridgehead atoms. The molecule has 1 N–H and O–H groups in total. The summed E-state index contributed by atoms with van der Waals surface area (Å²) in [5, 5.41) is 11.0. The summed E-state index contributed by atoms with van der Waals surface area (Å²) in [5.41, 5.74) is 1.89. The Balaban J connectivity index is 2.37. The highest BCUT2D eigenvalue weighted by molar-refractivity contribution is 6.07. The van der Waals surface area contributed by atoms with Crippen LogP contribution in [0.1, 0.15) is 10.4 Å². The number of hydrogen-bond donors (Lipinski definition) is 1. The van der Waals surface area contributed by atoms with E-state index in [0.717, 1.165) is 5.56 Å². The van der Waals surface area contributed by atoms with E-state index in [9.17, 15) is 9.90 Å². The molecule has 4 heteroatoms. The number of benzene rings is 2. The van der Waals surface area contributed by atoms with Gasteiger partial charge < -0.3 is 9.84 Å². The molecule has 0 spiro atoms. The third kappa shape index (κ3) is 2.21. The highest BCUT2D eigenvalue weighted by atomic mass is 16.5. The molecule has 0 unspecified atom stereocenters. The molecule has 1 aromatic heterocycles. The van der Waals surface area contributed by atoms with Crippen LogP contribution in [0, 0.1) is 0 Å². The minimum Gasteiger partial charge on any atom is -0.505 e. The van der Waals surface area contributed by atoms with Crippen LogP contribution in [0.2, 0.25) is 0 Å². The van der Waals surface area contributed by atoms with Gasteiger partial charge in [0, 0.05) is 10.9 Å². The average Bonchev–Trinajstić information content (AvgIpc) is 2.54. The highest BCUT2D eigenvalue weighted by Crippen LogP contribution is 2.35. The van der Waals surface area contributed by atoms with E-state index in [0.29, 0.717) is 16.6 Å². The second kappa shape index (κ2) is 5.25. The maximum absolute atomic E-state index is 12.0. The molecule has 4 nitrogen and oxygen atoms in total. The standard InChI is InChI=1S/C17H13NO3/c1-21-17(20)14-12-9-5-6-10-13(12)18-15(16(14)19)11-7-3-2-4-8-11/h2-10,19H,1H3. The SMILES string of the molecule is COC(=O)c1c(O)c(-c2ccccc2)nc2ccccc12. The summed E-state index contributed by atoms with van der Waals surface area (Å²) in [6.07, 6.45) is 0. The fourth-order valence-corrected chi connectivity index (χ4v) is 2.31. The Morgan fingerprint density at radius 2 is 1.71 bits per heavy atom. The molecular weight excluding hydrogens is 266 g/mol. The van der Waals surface area contributed by atoms with E-state index in [1.54, 1.807) is 18.2 Å². The molecule has 104 valence electrons. The Labute approximate surface area is 121 Å². The summed E-state index contributed by atoms with van der Waals surface area (Å²) in [4.78, 5) is 16.5. The fourth-order valence-electron chi connectivity index (χ4n) is 2.31. The molecule has 0 radical (unpaired) electrons. The summed E-state index contributed by atoms with van der Waals surface area (Å²) in [6, 6.07) is 16.4. The van der Waals surface area contributed by atoms with Crippen molar-refractivity contribution in [1.29, 1.82) is 0 Å². The van der Waals surface area contributed by atoms with Crippen LogP contribution in [0.5, 0.6) is 5.75 Å². The van der Waals surface area contributed by atoms with E-state index in [1.165, 1.54) is 7.11 Å². The van der Waals surface area contributed by atoms with Crippen LogP contribution < -0.4 is 0 Å². The van der Waals surface area contributed by atoms with Gasteiger partial charge in [-0.25, -0.2) is 9.78 Å². The first-order valence-corrected chi connectivity index (χ1v) is 6.48. The molecule has 3 rings (SSSR count). The number of aromatic hydroxyl groups is 1. The lowest BCUT2D eigenvalue weighted by molar-refractivity contribution is 0.0600. The van der Waals surface area contributed by atoms with E-state index >= 15 is 0 Å². The molecule has 0 aliphatic heterocycles. The van der Waals surface area contributed by atoms with Crippen LogP contribution in [-0.4, -0.2) is 23.2 Å². The largest absolute Gasteiger partial charge is 0.505 e. The van der Waals surface area contributed by atoms with Crippen molar-refractivity contribution in [3.63, 3.8) is 0 Å². The van der Waals surface area contributed by atoms with Crippen molar-refractivity contribution in [2.75, 3.05) is 7.11 Å². The number of nitrogens with zero attached hydrogens (tertiary/aromatic N) is 1. The van der Waals surface area contributed by atoms with E-state index in [1.807, 2.05) is 36.4 Å². The molecule has 3 aromatic rings. The minimum absolute atomic E-state index is 0.141. The van der Waals surface area contributed by atoms with Crippen molar-refractivity contribution in [1.82, 2.24) is 4.98 Å². The summed E-state index contributed by atoms with van der Waals surface area (Å²) < 4.78 is 4.79. The summed E-state index contributed by atoms with van der Waals surface area (Å²) in [7, 11) is 1.29. The maximum Gasteiger partial charge on any atom is 0.342 e. The monoisotopic (exact) mass is 279 g/mol. The molecule has 0 fully saturated rings. The molecular formula is C17H13NO3. The minimum atomic E-state index is -0.580. The van der Waals surface area contributed by atoms with Gasteiger partial charge in [-0.1, -0.05) is 48.5 Å². The smallest absolute Gasteiger partial charge is 0.342 e. The van der Waals surface area contributed by atoms with Crippen LogP contribution in [0.4, 0.5) is 0 Å². The van der Waals surface area contributed by atoms with Crippen molar-refractivity contribution in [2.24, 2.45) is 0 Å². The third-order valence-corrected chi connectivity index (χ3v) is 3.30. The van der Waals surface area contributed by atoms with E-state index in [-0.39, 0.29) is 11.3 Å². The number of esters is 1. The molecule has 0 aliphatic rings. The van der Waals surface area contributed by atoms with Gasteiger partial charge in [-0.05, 0) is 6.07 Å². The highest BCUT2D eigenvalue weighted by Gasteiger charge is 2.21. The number of aromatic nitrogens is 1. The number of methoxy groups -OCH3 is 1. The third-order valence-electron chi connectivity index (χ3n) is 3.30. The zero-order valence-corrected chi connectivity index (χ0v) is 11.4. The summed E-state index contributed by atoms with van der Waals surface area (Å²) in [5.74, 6) is -0.741. The molecule has 0 saturated heterocycles. The van der Waals surface area contributed by atoms with E-state index in [4.69, 9.17) is 4.74 Å². The number of ether oxygens (including phenoxy) is 1. The van der Waals surface area contributed by atoms with Crippen molar-refractivity contribution < 1.29 is 14.6 Å². The lowest BCUT2D eigenvalue weighted by Crippen LogP contribution is -2.05. The second-order valence-corrected chi connectivity index (χ2v) is 4.56. The van der Waals surface area contributed by atoms with Crippen molar-refractivity contribution >= 4 is 16.9 Å². The van der Waals surface area contributed by atoms with Crippen molar-refractivity contribution in [3.8, 4) is 17.0 Å². The molecule has 2 aromatic carbocycles. The van der Waals surface area contributed by atoms with Crippen molar-refractivity contribution in [2.45, 2.75) is 0 Å². The van der Waals surface area contributed by atoms with Gasteiger partial charge in [-0.3, -0.25) is 0 Å². The Bertz CT molecular complexity index is 813. The quantitative estimate of drug-likeness (QED) is 0.730. The Morgan fingerprint density at radius 3 is 2.43 bits per heavy atom. The molecule has 1 heterocycles. The fraction of sp³-hybridized carbons (Fsp3) is 0.0588. The first-order valence-electron chi connectivity index (χ1n) is 6.48. The van der Waals surface area contributed by atoms with Crippen LogP contribution in [-0.2, 0) is 4.74 Å². The number of carbonyl (C=O) groups is 1. The lowest BCUT2D eigenvalue weighted by Gasteiger charge is -2.11. The van der Waals surface area contributed by atoms with Crippen molar-refractivity contribution in [3.05, 3.63) is 60.2 Å². The van der Waals surface area contributed by atoms with E-state index < -0.39 is 5.97 Å². The lowest BCUT2D eigenvalue weighted by atomic mass is 10.0.